The van der Waals surface area contributed by atoms with Crippen LogP contribution in [0.2, 0.25) is 0 Å². The monoisotopic (exact) mass is 230 g/mol. The topological polar surface area (TPSA) is 47.7 Å². The van der Waals surface area contributed by atoms with Gasteiger partial charge in [-0.05, 0) is 31.7 Å². The second-order valence-corrected chi connectivity index (χ2v) is 4.76. The van der Waals surface area contributed by atoms with Gasteiger partial charge in [0.15, 0.2) is 0 Å². The molecule has 0 spiro atoms. The van der Waals surface area contributed by atoms with Gasteiger partial charge in [0, 0.05) is 40.0 Å². The number of methoxy groups -OCH3 is 2. The van der Waals surface area contributed by atoms with Crippen molar-refractivity contribution in [2.24, 2.45) is 11.7 Å². The van der Waals surface area contributed by atoms with E-state index in [0.717, 1.165) is 32.7 Å². The molecule has 16 heavy (non-hydrogen) atoms. The molecule has 0 bridgehead atoms. The quantitative estimate of drug-likeness (QED) is 0.700. The van der Waals surface area contributed by atoms with Crippen LogP contribution >= 0.6 is 0 Å². The second-order valence-electron chi connectivity index (χ2n) is 4.76. The van der Waals surface area contributed by atoms with Gasteiger partial charge in [-0.2, -0.15) is 0 Å². The van der Waals surface area contributed by atoms with Gasteiger partial charge in [-0.25, -0.2) is 0 Å². The Hall–Kier alpha value is -0.160. The normalized spacial score (nSPS) is 24.6. The molecule has 0 radical (unpaired) electrons. The van der Waals surface area contributed by atoms with E-state index in [1.807, 2.05) is 0 Å². The van der Waals surface area contributed by atoms with Crippen molar-refractivity contribution in [2.75, 3.05) is 47.1 Å². The van der Waals surface area contributed by atoms with Gasteiger partial charge < -0.3 is 20.1 Å². The van der Waals surface area contributed by atoms with Crippen LogP contribution in [0.4, 0.5) is 0 Å². The Balaban J connectivity index is 2.20. The maximum Gasteiger partial charge on any atom is 0.0502 e. The lowest BCUT2D eigenvalue weighted by Gasteiger charge is -2.33. The number of rotatable bonds is 7. The van der Waals surface area contributed by atoms with Crippen LogP contribution in [-0.4, -0.2) is 58.0 Å². The SMILES string of the molecule is COCCC(N)CN1CCCC(COC)C1. The van der Waals surface area contributed by atoms with Gasteiger partial charge in [-0.1, -0.05) is 0 Å². The van der Waals surface area contributed by atoms with E-state index in [1.165, 1.54) is 19.4 Å². The van der Waals surface area contributed by atoms with Crippen molar-refractivity contribution in [3.63, 3.8) is 0 Å². The minimum Gasteiger partial charge on any atom is -0.385 e. The van der Waals surface area contributed by atoms with Crippen LogP contribution in [0.1, 0.15) is 19.3 Å². The Bertz CT molecular complexity index is 176. The third-order valence-corrected chi connectivity index (χ3v) is 3.19. The average molecular weight is 230 g/mol. The zero-order chi connectivity index (χ0) is 11.8. The maximum absolute atomic E-state index is 6.06. The molecule has 4 nitrogen and oxygen atoms in total. The highest BCUT2D eigenvalue weighted by Gasteiger charge is 2.20. The van der Waals surface area contributed by atoms with Gasteiger partial charge in [0.05, 0.1) is 6.61 Å². The zero-order valence-corrected chi connectivity index (χ0v) is 10.7. The fraction of sp³-hybridized carbons (Fsp3) is 1.00. The van der Waals surface area contributed by atoms with Crippen LogP contribution in [0.25, 0.3) is 0 Å². The Morgan fingerprint density at radius 3 is 2.88 bits per heavy atom. The van der Waals surface area contributed by atoms with Crippen molar-refractivity contribution in [2.45, 2.75) is 25.3 Å². The van der Waals surface area contributed by atoms with Crippen molar-refractivity contribution in [3.8, 4) is 0 Å². The van der Waals surface area contributed by atoms with E-state index >= 15 is 0 Å². The molecule has 0 saturated carbocycles. The van der Waals surface area contributed by atoms with E-state index in [-0.39, 0.29) is 6.04 Å². The molecule has 0 aromatic rings. The summed E-state index contributed by atoms with van der Waals surface area (Å²) in [6, 6.07) is 0.237. The zero-order valence-electron chi connectivity index (χ0n) is 10.7. The Morgan fingerprint density at radius 2 is 2.19 bits per heavy atom. The van der Waals surface area contributed by atoms with E-state index in [9.17, 15) is 0 Å². The number of nitrogens with zero attached hydrogens (tertiary/aromatic N) is 1. The fourth-order valence-electron chi connectivity index (χ4n) is 2.38. The van der Waals surface area contributed by atoms with Crippen molar-refractivity contribution in [3.05, 3.63) is 0 Å². The molecular weight excluding hydrogens is 204 g/mol. The van der Waals surface area contributed by atoms with Crippen LogP contribution in [0.3, 0.4) is 0 Å². The molecular formula is C12H26N2O2. The van der Waals surface area contributed by atoms with Gasteiger partial charge in [-0.3, -0.25) is 0 Å². The Morgan fingerprint density at radius 1 is 1.38 bits per heavy atom. The molecule has 0 aromatic heterocycles. The van der Waals surface area contributed by atoms with E-state index < -0.39 is 0 Å². The number of hydrogen-bond donors (Lipinski definition) is 1. The molecule has 0 aromatic carbocycles. The third-order valence-electron chi connectivity index (χ3n) is 3.19. The molecule has 1 aliphatic rings. The van der Waals surface area contributed by atoms with Gasteiger partial charge in [0.1, 0.15) is 0 Å². The number of hydrogen-bond acceptors (Lipinski definition) is 4. The number of ether oxygens (including phenoxy) is 2. The Labute approximate surface area is 99.1 Å². The van der Waals surface area contributed by atoms with Crippen molar-refractivity contribution in [1.82, 2.24) is 4.90 Å². The van der Waals surface area contributed by atoms with E-state index in [2.05, 4.69) is 4.90 Å². The number of likely N-dealkylation sites (tertiary alicyclic amines) is 1. The minimum absolute atomic E-state index is 0.237. The lowest BCUT2D eigenvalue weighted by Crippen LogP contribution is -2.44. The molecule has 1 rings (SSSR count). The van der Waals surface area contributed by atoms with Crippen LogP contribution in [0.5, 0.6) is 0 Å². The molecule has 1 saturated heterocycles. The summed E-state index contributed by atoms with van der Waals surface area (Å²) in [4.78, 5) is 2.47. The number of nitrogens with two attached hydrogens (primary N) is 1. The molecule has 1 aliphatic heterocycles. The average Bonchev–Trinajstić information content (AvgIpc) is 2.27. The predicted molar refractivity (Wildman–Crippen MR) is 65.5 cm³/mol. The highest BCUT2D eigenvalue weighted by Crippen LogP contribution is 2.16. The van der Waals surface area contributed by atoms with Crippen LogP contribution in [0.15, 0.2) is 0 Å². The molecule has 96 valence electrons. The van der Waals surface area contributed by atoms with Crippen molar-refractivity contribution in [1.29, 1.82) is 0 Å². The van der Waals surface area contributed by atoms with E-state index in [0.29, 0.717) is 5.92 Å². The highest BCUT2D eigenvalue weighted by molar-refractivity contribution is 4.76. The van der Waals surface area contributed by atoms with Crippen molar-refractivity contribution < 1.29 is 9.47 Å². The Kier molecular flexibility index (Phi) is 6.96. The van der Waals surface area contributed by atoms with Gasteiger partial charge in [-0.15, -0.1) is 0 Å². The first-order valence-corrected chi connectivity index (χ1v) is 6.22. The molecule has 1 heterocycles. The van der Waals surface area contributed by atoms with Gasteiger partial charge in [0.25, 0.3) is 0 Å². The molecule has 2 atom stereocenters. The molecule has 0 aliphatic carbocycles. The number of piperidine rings is 1. The fourth-order valence-corrected chi connectivity index (χ4v) is 2.38. The summed E-state index contributed by atoms with van der Waals surface area (Å²) in [7, 11) is 3.51. The first-order valence-electron chi connectivity index (χ1n) is 6.22. The molecule has 0 amide bonds. The lowest BCUT2D eigenvalue weighted by molar-refractivity contribution is 0.0851. The summed E-state index contributed by atoms with van der Waals surface area (Å²) in [5.74, 6) is 0.688. The smallest absolute Gasteiger partial charge is 0.0502 e. The standard InChI is InChI=1S/C12H26N2O2/c1-15-7-5-12(13)9-14-6-3-4-11(8-14)10-16-2/h11-12H,3-10,13H2,1-2H3. The molecule has 4 heteroatoms. The van der Waals surface area contributed by atoms with Gasteiger partial charge >= 0.3 is 0 Å². The van der Waals surface area contributed by atoms with E-state index in [1.54, 1.807) is 14.2 Å². The van der Waals surface area contributed by atoms with Crippen LogP contribution in [0, 0.1) is 5.92 Å². The van der Waals surface area contributed by atoms with Crippen LogP contribution in [-0.2, 0) is 9.47 Å². The first-order chi connectivity index (χ1) is 7.76. The second kappa shape index (κ2) is 8.01. The molecule has 2 N–H and O–H groups in total. The summed E-state index contributed by atoms with van der Waals surface area (Å²) in [5.41, 5.74) is 6.06. The van der Waals surface area contributed by atoms with Crippen LogP contribution < -0.4 is 5.73 Å². The largest absolute Gasteiger partial charge is 0.385 e. The molecule has 1 fully saturated rings. The third kappa shape index (κ3) is 5.25. The minimum atomic E-state index is 0.237. The maximum atomic E-state index is 6.06. The summed E-state index contributed by atoms with van der Waals surface area (Å²) in [6.45, 7) is 4.94. The summed E-state index contributed by atoms with van der Waals surface area (Å²) < 4.78 is 10.3. The predicted octanol–water partition coefficient (Wildman–Crippen LogP) is 0.709. The first kappa shape index (κ1) is 13.9. The highest BCUT2D eigenvalue weighted by atomic mass is 16.5. The van der Waals surface area contributed by atoms with E-state index in [4.69, 9.17) is 15.2 Å². The summed E-state index contributed by atoms with van der Waals surface area (Å²) in [5, 5.41) is 0. The van der Waals surface area contributed by atoms with Gasteiger partial charge in [0.2, 0.25) is 0 Å². The molecule has 2 unspecified atom stereocenters. The summed E-state index contributed by atoms with van der Waals surface area (Å²) in [6.07, 6.45) is 3.50. The van der Waals surface area contributed by atoms with Crippen molar-refractivity contribution >= 4 is 0 Å². The lowest BCUT2D eigenvalue weighted by atomic mass is 9.98. The summed E-state index contributed by atoms with van der Waals surface area (Å²) >= 11 is 0.